The molecule has 1 aromatic heterocycles. The second-order valence-corrected chi connectivity index (χ2v) is 9.12. The number of rotatable bonds is 6. The van der Waals surface area contributed by atoms with Crippen molar-refractivity contribution in [2.45, 2.75) is 26.6 Å². The molecule has 1 heterocycles. The van der Waals surface area contributed by atoms with Crippen molar-refractivity contribution in [3.63, 3.8) is 0 Å². The zero-order valence-electron chi connectivity index (χ0n) is 21.3. The third kappa shape index (κ3) is 5.62. The van der Waals surface area contributed by atoms with Gasteiger partial charge in [0.1, 0.15) is 18.1 Å². The predicted octanol–water partition coefficient (Wildman–Crippen LogP) is 8.40. The number of fused-ring (bicyclic) bond motifs is 1. The maximum atomic E-state index is 13.9. The van der Waals surface area contributed by atoms with Gasteiger partial charge in [-0.25, -0.2) is 0 Å². The molecule has 4 aromatic carbocycles. The first kappa shape index (κ1) is 26.0. The second kappa shape index (κ2) is 10.6. The lowest BCUT2D eigenvalue weighted by molar-refractivity contribution is -0.136. The van der Waals surface area contributed by atoms with Gasteiger partial charge < -0.3 is 9.47 Å². The van der Waals surface area contributed by atoms with Crippen molar-refractivity contribution >= 4 is 16.9 Å². The summed E-state index contributed by atoms with van der Waals surface area (Å²) in [4.78, 5) is 15.4. The molecule has 5 rings (SSSR count). The van der Waals surface area contributed by atoms with Crippen LogP contribution in [0.25, 0.3) is 33.2 Å². The zero-order chi connectivity index (χ0) is 27.6. The minimum atomic E-state index is -4.54. The monoisotopic (exact) mass is 527 g/mol. The molecule has 0 bridgehead atoms. The third-order valence-corrected chi connectivity index (χ3v) is 6.35. The molecule has 0 aliphatic carbocycles. The molecule has 0 unspecified atom stereocenters. The molecule has 0 fully saturated rings. The highest BCUT2D eigenvalue weighted by molar-refractivity contribution is 6.03. The van der Waals surface area contributed by atoms with Crippen LogP contribution in [-0.2, 0) is 17.6 Å². The van der Waals surface area contributed by atoms with Crippen molar-refractivity contribution in [3.8, 4) is 33.8 Å². The number of nitrogens with zero attached hydrogens (tertiary/aromatic N) is 1. The highest BCUT2D eigenvalue weighted by Crippen LogP contribution is 2.42. The molecule has 0 saturated carbocycles. The molecule has 5 aromatic rings. The molecule has 0 aliphatic rings. The quantitative estimate of drug-likeness (QED) is 0.164. The first-order valence-electron chi connectivity index (χ1n) is 12.3. The van der Waals surface area contributed by atoms with Crippen molar-refractivity contribution in [1.82, 2.24) is 4.98 Å². The number of benzene rings is 4. The van der Waals surface area contributed by atoms with Gasteiger partial charge in [0.2, 0.25) is 0 Å². The Bertz CT molecular complexity index is 1660. The van der Waals surface area contributed by atoms with Crippen LogP contribution in [0.3, 0.4) is 0 Å². The lowest BCUT2D eigenvalue weighted by atomic mass is 9.90. The van der Waals surface area contributed by atoms with E-state index in [2.05, 4.69) is 4.98 Å². The molecule has 0 radical (unpaired) electrons. The highest BCUT2D eigenvalue weighted by Gasteiger charge is 2.33. The predicted molar refractivity (Wildman–Crippen MR) is 144 cm³/mol. The molecule has 0 spiro atoms. The van der Waals surface area contributed by atoms with Crippen LogP contribution in [0.15, 0.2) is 97.2 Å². The topological polar surface area (TPSA) is 48.4 Å². The smallest absolute Gasteiger partial charge is 0.418 e. The fraction of sp³-hybridized carbons (Fsp3) is 0.125. The molecular weight excluding hydrogens is 503 g/mol. The Labute approximate surface area is 223 Å². The average molecular weight is 528 g/mol. The number of para-hydroxylation sites is 1. The number of hydrogen-bond acceptors (Lipinski definition) is 4. The molecule has 7 heteroatoms. The first-order chi connectivity index (χ1) is 18.7. The van der Waals surface area contributed by atoms with Gasteiger partial charge in [-0.3, -0.25) is 9.78 Å². The molecule has 0 saturated heterocycles. The van der Waals surface area contributed by atoms with Gasteiger partial charge in [-0.1, -0.05) is 60.7 Å². The van der Waals surface area contributed by atoms with E-state index in [4.69, 9.17) is 9.47 Å². The number of ether oxygens (including phenoxy) is 2. The lowest BCUT2D eigenvalue weighted by Gasteiger charge is -2.18. The number of carbonyl (C=O) groups is 1. The van der Waals surface area contributed by atoms with E-state index in [0.29, 0.717) is 28.0 Å². The van der Waals surface area contributed by atoms with Crippen LogP contribution in [0.2, 0.25) is 0 Å². The van der Waals surface area contributed by atoms with E-state index in [-0.39, 0.29) is 12.1 Å². The van der Waals surface area contributed by atoms with Crippen LogP contribution in [-0.4, -0.2) is 11.0 Å². The van der Waals surface area contributed by atoms with Crippen LogP contribution in [0.4, 0.5) is 13.2 Å². The second-order valence-electron chi connectivity index (χ2n) is 9.12. The van der Waals surface area contributed by atoms with Crippen molar-refractivity contribution in [1.29, 1.82) is 0 Å². The number of aromatic nitrogens is 1. The van der Waals surface area contributed by atoms with Crippen LogP contribution in [0.5, 0.6) is 11.5 Å². The number of halogens is 3. The molecule has 0 amide bonds. The SMILES string of the molecule is CC(=O)Oc1ccc(COc2cccc(-c3c(-c4ccccc4C)cnc4c(C(F)(F)F)cccc34)c2)cc1. The van der Waals surface area contributed by atoms with Gasteiger partial charge in [-0.15, -0.1) is 0 Å². The average Bonchev–Trinajstić information content (AvgIpc) is 2.91. The summed E-state index contributed by atoms with van der Waals surface area (Å²) in [5.74, 6) is 0.607. The summed E-state index contributed by atoms with van der Waals surface area (Å²) in [5.41, 5.74) is 3.95. The Kier molecular flexibility index (Phi) is 7.07. The van der Waals surface area contributed by atoms with Crippen LogP contribution in [0.1, 0.15) is 23.6 Å². The van der Waals surface area contributed by atoms with Crippen LogP contribution >= 0.6 is 0 Å². The summed E-state index contributed by atoms with van der Waals surface area (Å²) < 4.78 is 52.7. The number of aryl methyl sites for hydroxylation is 1. The first-order valence-corrected chi connectivity index (χ1v) is 12.3. The Morgan fingerprint density at radius 2 is 1.59 bits per heavy atom. The Hall–Kier alpha value is -4.65. The number of esters is 1. The molecule has 0 N–H and O–H groups in total. The lowest BCUT2D eigenvalue weighted by Crippen LogP contribution is -2.07. The van der Waals surface area contributed by atoms with Crippen LogP contribution in [0, 0.1) is 6.92 Å². The molecular formula is C32H24F3NO3. The van der Waals surface area contributed by atoms with E-state index >= 15 is 0 Å². The molecule has 0 atom stereocenters. The zero-order valence-corrected chi connectivity index (χ0v) is 21.3. The van der Waals surface area contributed by atoms with Crippen molar-refractivity contribution in [2.75, 3.05) is 0 Å². The minimum Gasteiger partial charge on any atom is -0.489 e. The third-order valence-electron chi connectivity index (χ3n) is 6.35. The van der Waals surface area contributed by atoms with Gasteiger partial charge in [0, 0.05) is 29.6 Å². The van der Waals surface area contributed by atoms with Crippen molar-refractivity contribution in [3.05, 3.63) is 114 Å². The van der Waals surface area contributed by atoms with Gasteiger partial charge >= 0.3 is 12.1 Å². The fourth-order valence-electron chi connectivity index (χ4n) is 4.57. The van der Waals surface area contributed by atoms with E-state index in [1.54, 1.807) is 36.4 Å². The molecule has 39 heavy (non-hydrogen) atoms. The van der Waals surface area contributed by atoms with Crippen LogP contribution < -0.4 is 9.47 Å². The normalized spacial score (nSPS) is 11.4. The summed E-state index contributed by atoms with van der Waals surface area (Å²) in [6, 6.07) is 26.1. The standard InChI is InChI=1S/C32H24F3NO3/c1-20-7-3-4-10-26(20)28-18-36-31-27(11-6-12-29(31)32(33,34)35)30(28)23-8-5-9-25(17-23)38-19-22-13-15-24(16-14-22)39-21(2)37/h3-18H,19H2,1-2H3. The van der Waals surface area contributed by atoms with E-state index in [0.717, 1.165) is 28.3 Å². The van der Waals surface area contributed by atoms with Gasteiger partial charge in [-0.2, -0.15) is 13.2 Å². The molecule has 196 valence electrons. The summed E-state index contributed by atoms with van der Waals surface area (Å²) in [5, 5.41) is 0.406. The maximum absolute atomic E-state index is 13.9. The number of hydrogen-bond donors (Lipinski definition) is 0. The van der Waals surface area contributed by atoms with Crippen molar-refractivity contribution in [2.24, 2.45) is 0 Å². The van der Waals surface area contributed by atoms with E-state index in [1.807, 2.05) is 49.4 Å². The highest BCUT2D eigenvalue weighted by atomic mass is 19.4. The fourth-order valence-corrected chi connectivity index (χ4v) is 4.57. The minimum absolute atomic E-state index is 0.100. The van der Waals surface area contributed by atoms with E-state index in [9.17, 15) is 18.0 Å². The molecule has 4 nitrogen and oxygen atoms in total. The van der Waals surface area contributed by atoms with E-state index in [1.165, 1.54) is 19.2 Å². The largest absolute Gasteiger partial charge is 0.489 e. The van der Waals surface area contributed by atoms with Gasteiger partial charge in [0.15, 0.2) is 0 Å². The summed E-state index contributed by atoms with van der Waals surface area (Å²) >= 11 is 0. The Morgan fingerprint density at radius 1 is 0.846 bits per heavy atom. The van der Waals surface area contributed by atoms with Crippen molar-refractivity contribution < 1.29 is 27.4 Å². The van der Waals surface area contributed by atoms with Gasteiger partial charge in [0.05, 0.1) is 11.1 Å². The van der Waals surface area contributed by atoms with Gasteiger partial charge in [-0.05, 0) is 59.5 Å². The summed E-state index contributed by atoms with van der Waals surface area (Å²) in [6.45, 7) is 3.55. The maximum Gasteiger partial charge on any atom is 0.418 e. The number of carbonyl (C=O) groups excluding carboxylic acids is 1. The number of pyridine rings is 1. The van der Waals surface area contributed by atoms with Gasteiger partial charge in [0.25, 0.3) is 0 Å². The summed E-state index contributed by atoms with van der Waals surface area (Å²) in [6.07, 6.45) is -3.02. The summed E-state index contributed by atoms with van der Waals surface area (Å²) in [7, 11) is 0. The Morgan fingerprint density at radius 3 is 2.31 bits per heavy atom. The molecule has 0 aliphatic heterocycles. The number of alkyl halides is 3. The van der Waals surface area contributed by atoms with E-state index < -0.39 is 17.7 Å². The Balaban J connectivity index is 1.57.